The van der Waals surface area contributed by atoms with Crippen molar-refractivity contribution < 1.29 is 5.11 Å². The van der Waals surface area contributed by atoms with Gasteiger partial charge in [-0.25, -0.2) is 15.8 Å². The van der Waals surface area contributed by atoms with Gasteiger partial charge in [-0.05, 0) is 27.8 Å². The second-order valence-corrected chi connectivity index (χ2v) is 4.94. The SMILES string of the molecule is Cc1cc(NN)nc(CN(C)CC(C)(C)O)n1. The highest BCUT2D eigenvalue weighted by atomic mass is 16.3. The Morgan fingerprint density at radius 2 is 2.12 bits per heavy atom. The number of rotatable bonds is 5. The van der Waals surface area contributed by atoms with Crippen molar-refractivity contribution in [2.45, 2.75) is 32.9 Å². The maximum Gasteiger partial charge on any atom is 0.145 e. The van der Waals surface area contributed by atoms with Crippen molar-refractivity contribution in [3.63, 3.8) is 0 Å². The van der Waals surface area contributed by atoms with Gasteiger partial charge in [0.25, 0.3) is 0 Å². The summed E-state index contributed by atoms with van der Waals surface area (Å²) in [7, 11) is 1.92. The van der Waals surface area contributed by atoms with Crippen LogP contribution in [-0.2, 0) is 6.54 Å². The van der Waals surface area contributed by atoms with Crippen LogP contribution in [0.4, 0.5) is 5.82 Å². The predicted molar refractivity (Wildman–Crippen MR) is 67.2 cm³/mol. The summed E-state index contributed by atoms with van der Waals surface area (Å²) in [6.45, 7) is 6.55. The van der Waals surface area contributed by atoms with Crippen LogP contribution in [0, 0.1) is 6.92 Å². The number of hydrogen-bond donors (Lipinski definition) is 3. The Bertz CT molecular complexity index is 375. The molecule has 0 aliphatic heterocycles. The van der Waals surface area contributed by atoms with E-state index in [1.807, 2.05) is 18.9 Å². The zero-order valence-corrected chi connectivity index (χ0v) is 10.9. The Morgan fingerprint density at radius 1 is 1.47 bits per heavy atom. The van der Waals surface area contributed by atoms with Gasteiger partial charge in [-0.15, -0.1) is 0 Å². The molecule has 4 N–H and O–H groups in total. The number of nitrogens with two attached hydrogens (primary N) is 1. The molecule has 96 valence electrons. The molecule has 0 aromatic carbocycles. The van der Waals surface area contributed by atoms with Crippen molar-refractivity contribution in [3.05, 3.63) is 17.6 Å². The standard InChI is InChI=1S/C11H21N5O/c1-8-5-9(15-12)14-10(13-8)6-16(4)7-11(2,3)17/h5,17H,6-7,12H2,1-4H3,(H,13,14,15). The third-order valence-corrected chi connectivity index (χ3v) is 2.12. The topological polar surface area (TPSA) is 87.3 Å². The van der Waals surface area contributed by atoms with E-state index in [4.69, 9.17) is 5.84 Å². The largest absolute Gasteiger partial charge is 0.389 e. The highest BCUT2D eigenvalue weighted by Crippen LogP contribution is 2.09. The minimum Gasteiger partial charge on any atom is -0.389 e. The van der Waals surface area contributed by atoms with Gasteiger partial charge in [-0.2, -0.15) is 0 Å². The number of likely N-dealkylation sites (N-methyl/N-ethyl adjacent to an activating group) is 1. The minimum atomic E-state index is -0.729. The van der Waals surface area contributed by atoms with Crippen molar-refractivity contribution in [1.29, 1.82) is 0 Å². The lowest BCUT2D eigenvalue weighted by Crippen LogP contribution is -2.36. The van der Waals surface area contributed by atoms with Crippen LogP contribution >= 0.6 is 0 Å². The van der Waals surface area contributed by atoms with Crippen molar-refractivity contribution in [3.8, 4) is 0 Å². The van der Waals surface area contributed by atoms with E-state index < -0.39 is 5.60 Å². The lowest BCUT2D eigenvalue weighted by molar-refractivity contribution is 0.0418. The van der Waals surface area contributed by atoms with Crippen LogP contribution in [0.3, 0.4) is 0 Å². The van der Waals surface area contributed by atoms with Gasteiger partial charge in [-0.3, -0.25) is 4.90 Å². The van der Waals surface area contributed by atoms with Crippen LogP contribution in [0.15, 0.2) is 6.07 Å². The summed E-state index contributed by atoms with van der Waals surface area (Å²) >= 11 is 0. The Balaban J connectivity index is 2.71. The van der Waals surface area contributed by atoms with Crippen LogP contribution in [0.25, 0.3) is 0 Å². The highest BCUT2D eigenvalue weighted by Gasteiger charge is 2.16. The van der Waals surface area contributed by atoms with Crippen LogP contribution in [0.2, 0.25) is 0 Å². The molecule has 0 bridgehead atoms. The molecule has 6 heteroatoms. The zero-order chi connectivity index (χ0) is 13.1. The molecule has 1 aromatic rings. The molecule has 0 amide bonds. The number of nitrogens with zero attached hydrogens (tertiary/aromatic N) is 3. The zero-order valence-electron chi connectivity index (χ0n) is 10.9. The van der Waals surface area contributed by atoms with Crippen LogP contribution < -0.4 is 11.3 Å². The molecule has 0 saturated heterocycles. The molecule has 17 heavy (non-hydrogen) atoms. The summed E-state index contributed by atoms with van der Waals surface area (Å²) in [6.07, 6.45) is 0. The van der Waals surface area contributed by atoms with Crippen LogP contribution in [0.5, 0.6) is 0 Å². The van der Waals surface area contributed by atoms with Crippen LogP contribution in [0.1, 0.15) is 25.4 Å². The molecule has 1 rings (SSSR count). The van der Waals surface area contributed by atoms with E-state index in [1.165, 1.54) is 0 Å². The van der Waals surface area contributed by atoms with E-state index in [2.05, 4.69) is 15.4 Å². The molecule has 0 aliphatic rings. The second-order valence-electron chi connectivity index (χ2n) is 4.94. The van der Waals surface area contributed by atoms with Gasteiger partial charge in [0.1, 0.15) is 11.6 Å². The first-order chi connectivity index (χ1) is 7.80. The van der Waals surface area contributed by atoms with Crippen molar-refractivity contribution in [1.82, 2.24) is 14.9 Å². The van der Waals surface area contributed by atoms with Crippen molar-refractivity contribution in [2.24, 2.45) is 5.84 Å². The van der Waals surface area contributed by atoms with E-state index >= 15 is 0 Å². The molecule has 0 aliphatic carbocycles. The number of nitrogen functional groups attached to an aromatic ring is 1. The summed E-state index contributed by atoms with van der Waals surface area (Å²) in [6, 6.07) is 1.78. The molecule has 1 heterocycles. The Morgan fingerprint density at radius 3 is 2.65 bits per heavy atom. The van der Waals surface area contributed by atoms with E-state index in [9.17, 15) is 5.11 Å². The molecule has 0 saturated carbocycles. The number of aryl methyl sites for hydroxylation is 1. The van der Waals surface area contributed by atoms with Gasteiger partial charge in [0.05, 0.1) is 12.1 Å². The Labute approximate surface area is 102 Å². The average Bonchev–Trinajstić information content (AvgIpc) is 2.13. The maximum atomic E-state index is 9.71. The number of hydrogen-bond acceptors (Lipinski definition) is 6. The first-order valence-electron chi connectivity index (χ1n) is 5.52. The third kappa shape index (κ3) is 5.08. The maximum absolute atomic E-state index is 9.71. The molecule has 0 fully saturated rings. The fourth-order valence-corrected chi connectivity index (χ4v) is 1.73. The molecule has 6 nitrogen and oxygen atoms in total. The Hall–Kier alpha value is -1.24. The van der Waals surface area contributed by atoms with Crippen LogP contribution in [-0.4, -0.2) is 39.2 Å². The van der Waals surface area contributed by atoms with Gasteiger partial charge in [0.2, 0.25) is 0 Å². The van der Waals surface area contributed by atoms with Gasteiger partial charge < -0.3 is 10.5 Å². The lowest BCUT2D eigenvalue weighted by atomic mass is 10.1. The van der Waals surface area contributed by atoms with Gasteiger partial charge >= 0.3 is 0 Å². The van der Waals surface area contributed by atoms with Gasteiger partial charge in [0.15, 0.2) is 0 Å². The first-order valence-corrected chi connectivity index (χ1v) is 5.52. The Kier molecular flexibility index (Phi) is 4.39. The van der Waals surface area contributed by atoms with Crippen molar-refractivity contribution >= 4 is 5.82 Å². The second kappa shape index (κ2) is 5.39. The number of nitrogens with one attached hydrogen (secondary N) is 1. The minimum absolute atomic E-state index is 0.551. The normalized spacial score (nSPS) is 11.9. The summed E-state index contributed by atoms with van der Waals surface area (Å²) in [5.74, 6) is 6.61. The van der Waals surface area contributed by atoms with E-state index in [-0.39, 0.29) is 0 Å². The molecule has 0 unspecified atom stereocenters. The predicted octanol–water partition coefficient (Wildman–Crippen LogP) is 0.273. The molecule has 0 spiro atoms. The van der Waals surface area contributed by atoms with E-state index in [1.54, 1.807) is 19.9 Å². The summed E-state index contributed by atoms with van der Waals surface area (Å²) < 4.78 is 0. The van der Waals surface area contributed by atoms with Gasteiger partial charge in [-0.1, -0.05) is 0 Å². The quantitative estimate of drug-likeness (QED) is 0.505. The number of hydrazine groups is 1. The van der Waals surface area contributed by atoms with E-state index in [0.717, 1.165) is 5.69 Å². The molecule has 0 radical (unpaired) electrons. The molecule has 0 atom stereocenters. The van der Waals surface area contributed by atoms with E-state index in [0.29, 0.717) is 24.7 Å². The first kappa shape index (κ1) is 13.8. The summed E-state index contributed by atoms with van der Waals surface area (Å²) in [5, 5.41) is 9.71. The third-order valence-electron chi connectivity index (χ3n) is 2.12. The highest BCUT2D eigenvalue weighted by molar-refractivity contribution is 5.33. The average molecular weight is 239 g/mol. The fourth-order valence-electron chi connectivity index (χ4n) is 1.73. The monoisotopic (exact) mass is 239 g/mol. The molecule has 1 aromatic heterocycles. The summed E-state index contributed by atoms with van der Waals surface area (Å²) in [4.78, 5) is 10.5. The number of anilines is 1. The lowest BCUT2D eigenvalue weighted by Gasteiger charge is -2.24. The fraction of sp³-hybridized carbons (Fsp3) is 0.636. The summed E-state index contributed by atoms with van der Waals surface area (Å²) in [5.41, 5.74) is 2.64. The molecular weight excluding hydrogens is 218 g/mol. The van der Waals surface area contributed by atoms with Gasteiger partial charge in [0, 0.05) is 18.3 Å². The number of aromatic nitrogens is 2. The van der Waals surface area contributed by atoms with Crippen molar-refractivity contribution in [2.75, 3.05) is 19.0 Å². The smallest absolute Gasteiger partial charge is 0.145 e. The number of aliphatic hydroxyl groups is 1. The molecular formula is C11H21N5O.